The average Bonchev–Trinajstić information content (AvgIpc) is 2.84. The number of amides is 2. The predicted octanol–water partition coefficient (Wildman–Crippen LogP) is 1.00. The van der Waals surface area contributed by atoms with Gasteiger partial charge in [-0.05, 0) is 41.2 Å². The number of hydrogen-bond acceptors (Lipinski definition) is 5. The molecule has 0 radical (unpaired) electrons. The SMILES string of the molecule is CSC(CO)C(C)NC(=O)CNC(=O)c1ccc(Br)o1. The van der Waals surface area contributed by atoms with Crippen LogP contribution in [0.25, 0.3) is 0 Å². The Hall–Kier alpha value is -0.990. The molecule has 0 fully saturated rings. The van der Waals surface area contributed by atoms with Crippen molar-refractivity contribution in [1.82, 2.24) is 10.6 Å². The number of carbonyl (C=O) groups excluding carboxylic acids is 2. The summed E-state index contributed by atoms with van der Waals surface area (Å²) in [5, 5.41) is 14.2. The molecule has 2 atom stereocenters. The van der Waals surface area contributed by atoms with Gasteiger partial charge >= 0.3 is 0 Å². The summed E-state index contributed by atoms with van der Waals surface area (Å²) in [5.74, 6) is -0.638. The first-order chi connectivity index (χ1) is 9.47. The second kappa shape index (κ2) is 8.33. The molecule has 0 aliphatic rings. The summed E-state index contributed by atoms with van der Waals surface area (Å²) < 4.78 is 5.52. The average molecular weight is 365 g/mol. The van der Waals surface area contributed by atoms with E-state index in [0.29, 0.717) is 4.67 Å². The highest BCUT2D eigenvalue weighted by atomic mass is 79.9. The van der Waals surface area contributed by atoms with Crippen LogP contribution in [0.15, 0.2) is 21.2 Å². The van der Waals surface area contributed by atoms with Gasteiger partial charge in [0.15, 0.2) is 10.4 Å². The van der Waals surface area contributed by atoms with Gasteiger partial charge in [-0.15, -0.1) is 0 Å². The minimum Gasteiger partial charge on any atom is -0.444 e. The maximum absolute atomic E-state index is 11.7. The van der Waals surface area contributed by atoms with Gasteiger partial charge in [-0.25, -0.2) is 0 Å². The van der Waals surface area contributed by atoms with Gasteiger partial charge in [0.1, 0.15) is 0 Å². The summed E-state index contributed by atoms with van der Waals surface area (Å²) in [7, 11) is 0. The lowest BCUT2D eigenvalue weighted by Gasteiger charge is -2.21. The molecule has 0 saturated heterocycles. The van der Waals surface area contributed by atoms with Crippen molar-refractivity contribution in [3.63, 3.8) is 0 Å². The van der Waals surface area contributed by atoms with Gasteiger partial charge in [-0.2, -0.15) is 11.8 Å². The van der Waals surface area contributed by atoms with Crippen molar-refractivity contribution in [2.75, 3.05) is 19.4 Å². The molecule has 0 saturated carbocycles. The largest absolute Gasteiger partial charge is 0.444 e. The molecular weight excluding hydrogens is 348 g/mol. The Labute approximate surface area is 129 Å². The molecule has 6 nitrogen and oxygen atoms in total. The van der Waals surface area contributed by atoms with Gasteiger partial charge < -0.3 is 20.2 Å². The number of carbonyl (C=O) groups is 2. The van der Waals surface area contributed by atoms with Crippen LogP contribution in [0.2, 0.25) is 0 Å². The number of rotatable bonds is 7. The summed E-state index contributed by atoms with van der Waals surface area (Å²) in [5.41, 5.74) is 0. The number of aliphatic hydroxyl groups excluding tert-OH is 1. The Balaban J connectivity index is 2.38. The molecule has 3 N–H and O–H groups in total. The predicted molar refractivity (Wildman–Crippen MR) is 80.7 cm³/mol. The van der Waals surface area contributed by atoms with Crippen LogP contribution >= 0.6 is 27.7 Å². The number of aliphatic hydroxyl groups is 1. The van der Waals surface area contributed by atoms with Gasteiger partial charge in [-0.3, -0.25) is 9.59 Å². The molecule has 1 aromatic heterocycles. The Morgan fingerprint density at radius 3 is 2.70 bits per heavy atom. The van der Waals surface area contributed by atoms with Crippen LogP contribution in [-0.2, 0) is 4.79 Å². The number of nitrogens with one attached hydrogen (secondary N) is 2. The quantitative estimate of drug-likeness (QED) is 0.671. The lowest BCUT2D eigenvalue weighted by molar-refractivity contribution is -0.120. The third-order valence-corrected chi connectivity index (χ3v) is 4.22. The first kappa shape index (κ1) is 17.1. The van der Waals surface area contributed by atoms with Crippen molar-refractivity contribution >= 4 is 39.5 Å². The van der Waals surface area contributed by atoms with Crippen LogP contribution in [0.4, 0.5) is 0 Å². The van der Waals surface area contributed by atoms with E-state index in [-0.39, 0.29) is 36.1 Å². The standard InChI is InChI=1S/C12H17BrN2O4S/c1-7(9(6-16)20-2)15-11(17)5-14-12(18)8-3-4-10(13)19-8/h3-4,7,9,16H,5-6H2,1-2H3,(H,14,18)(H,15,17). The van der Waals surface area contributed by atoms with E-state index in [0.717, 1.165) is 0 Å². The van der Waals surface area contributed by atoms with E-state index < -0.39 is 5.91 Å². The van der Waals surface area contributed by atoms with E-state index in [9.17, 15) is 9.59 Å². The second-order valence-corrected chi connectivity index (χ2v) is 5.96. The lowest BCUT2D eigenvalue weighted by atomic mass is 10.2. The van der Waals surface area contributed by atoms with E-state index in [1.165, 1.54) is 17.8 Å². The smallest absolute Gasteiger partial charge is 0.287 e. The molecule has 1 rings (SSSR count). The fourth-order valence-corrected chi connectivity index (χ4v) is 2.45. The summed E-state index contributed by atoms with van der Waals surface area (Å²) >= 11 is 4.56. The van der Waals surface area contributed by atoms with Crippen LogP contribution in [0, 0.1) is 0 Å². The fourth-order valence-electron chi connectivity index (χ4n) is 1.52. The molecule has 0 aromatic carbocycles. The summed E-state index contributed by atoms with van der Waals surface area (Å²) in [4.78, 5) is 23.3. The van der Waals surface area contributed by atoms with E-state index in [2.05, 4.69) is 26.6 Å². The summed E-state index contributed by atoms with van der Waals surface area (Å²) in [6.45, 7) is 1.64. The first-order valence-electron chi connectivity index (χ1n) is 5.94. The molecule has 20 heavy (non-hydrogen) atoms. The van der Waals surface area contributed by atoms with E-state index in [4.69, 9.17) is 9.52 Å². The van der Waals surface area contributed by atoms with Crippen molar-refractivity contribution < 1.29 is 19.1 Å². The van der Waals surface area contributed by atoms with Gasteiger partial charge in [0.2, 0.25) is 5.91 Å². The van der Waals surface area contributed by atoms with Crippen LogP contribution in [0.1, 0.15) is 17.5 Å². The molecule has 2 unspecified atom stereocenters. The number of thioether (sulfide) groups is 1. The third-order valence-electron chi connectivity index (χ3n) is 2.64. The van der Waals surface area contributed by atoms with E-state index in [1.807, 2.05) is 6.26 Å². The van der Waals surface area contributed by atoms with Gasteiger partial charge in [0.25, 0.3) is 5.91 Å². The summed E-state index contributed by atoms with van der Waals surface area (Å²) in [6, 6.07) is 2.92. The zero-order valence-electron chi connectivity index (χ0n) is 11.2. The molecule has 8 heteroatoms. The molecule has 0 bridgehead atoms. The van der Waals surface area contributed by atoms with Crippen molar-refractivity contribution in [2.24, 2.45) is 0 Å². The topological polar surface area (TPSA) is 91.6 Å². The minimum absolute atomic E-state index is 0.0185. The fraction of sp³-hybridized carbons (Fsp3) is 0.500. The molecule has 2 amide bonds. The Kier molecular flexibility index (Phi) is 7.11. The zero-order chi connectivity index (χ0) is 15.1. The lowest BCUT2D eigenvalue weighted by Crippen LogP contribution is -2.45. The Bertz CT molecular complexity index is 462. The molecule has 1 heterocycles. The number of hydrogen-bond donors (Lipinski definition) is 3. The van der Waals surface area contributed by atoms with Gasteiger partial charge in [0.05, 0.1) is 13.2 Å². The molecule has 0 aliphatic carbocycles. The van der Waals surface area contributed by atoms with Crippen molar-refractivity contribution in [1.29, 1.82) is 0 Å². The van der Waals surface area contributed by atoms with Crippen LogP contribution in [-0.4, -0.2) is 47.6 Å². The maximum Gasteiger partial charge on any atom is 0.287 e. The normalized spacial score (nSPS) is 13.6. The van der Waals surface area contributed by atoms with Crippen LogP contribution in [0.3, 0.4) is 0 Å². The third kappa shape index (κ3) is 5.18. The van der Waals surface area contributed by atoms with Crippen LogP contribution in [0.5, 0.6) is 0 Å². The monoisotopic (exact) mass is 364 g/mol. The number of halogens is 1. The summed E-state index contributed by atoms with van der Waals surface area (Å²) in [6.07, 6.45) is 1.86. The minimum atomic E-state index is -0.456. The number of furan rings is 1. The van der Waals surface area contributed by atoms with Crippen molar-refractivity contribution in [2.45, 2.75) is 18.2 Å². The highest BCUT2D eigenvalue weighted by Gasteiger charge is 2.18. The van der Waals surface area contributed by atoms with Crippen LogP contribution < -0.4 is 10.6 Å². The van der Waals surface area contributed by atoms with Gasteiger partial charge in [-0.1, -0.05) is 0 Å². The molecule has 1 aromatic rings. The van der Waals surface area contributed by atoms with E-state index >= 15 is 0 Å². The Morgan fingerprint density at radius 1 is 1.50 bits per heavy atom. The molecular formula is C12H17BrN2O4S. The molecule has 0 aliphatic heterocycles. The van der Waals surface area contributed by atoms with Crippen molar-refractivity contribution in [3.05, 3.63) is 22.6 Å². The highest BCUT2D eigenvalue weighted by Crippen LogP contribution is 2.13. The highest BCUT2D eigenvalue weighted by molar-refractivity contribution is 9.10. The van der Waals surface area contributed by atoms with Crippen molar-refractivity contribution in [3.8, 4) is 0 Å². The zero-order valence-corrected chi connectivity index (χ0v) is 13.6. The first-order valence-corrected chi connectivity index (χ1v) is 8.02. The molecule has 0 spiro atoms. The van der Waals surface area contributed by atoms with Gasteiger partial charge in [0, 0.05) is 11.3 Å². The Morgan fingerprint density at radius 2 is 2.20 bits per heavy atom. The van der Waals surface area contributed by atoms with E-state index in [1.54, 1.807) is 13.0 Å². The molecule has 112 valence electrons. The maximum atomic E-state index is 11.7. The second-order valence-electron chi connectivity index (χ2n) is 4.10.